The number of benzene rings is 1. The summed E-state index contributed by atoms with van der Waals surface area (Å²) in [7, 11) is -3.31. The van der Waals surface area contributed by atoms with Gasteiger partial charge in [0.15, 0.2) is 0 Å². The van der Waals surface area contributed by atoms with Crippen molar-refractivity contribution in [2.75, 3.05) is 35.1 Å². The molecule has 142 valence electrons. The fraction of sp³-hybridized carbons (Fsp3) is 0.529. The van der Waals surface area contributed by atoms with Gasteiger partial charge in [0.1, 0.15) is 0 Å². The third-order valence-electron chi connectivity index (χ3n) is 4.58. The summed E-state index contributed by atoms with van der Waals surface area (Å²) in [6.45, 7) is 3.18. The maximum atomic E-state index is 12.1. The minimum absolute atomic E-state index is 0.0443. The minimum Gasteiger partial charge on any atom is -0.376 e. The number of nitrogens with one attached hydrogen (secondary N) is 2. The van der Waals surface area contributed by atoms with E-state index < -0.39 is 21.8 Å². The first-order chi connectivity index (χ1) is 12.4. The summed E-state index contributed by atoms with van der Waals surface area (Å²) in [4.78, 5) is 24.1. The predicted molar refractivity (Wildman–Crippen MR) is 97.5 cm³/mol. The molecule has 1 atom stereocenters. The Morgan fingerprint density at radius 1 is 1.27 bits per heavy atom. The Hall–Kier alpha value is -2.13. The van der Waals surface area contributed by atoms with Crippen molar-refractivity contribution in [3.8, 4) is 0 Å². The highest BCUT2D eigenvalue weighted by atomic mass is 32.2. The molecule has 2 N–H and O–H groups in total. The molecule has 2 amide bonds. The topological polar surface area (TPSA) is 105 Å². The molecular weight excluding hydrogens is 358 g/mol. The van der Waals surface area contributed by atoms with Crippen LogP contribution < -0.4 is 14.9 Å². The molecule has 1 unspecified atom stereocenters. The summed E-state index contributed by atoms with van der Waals surface area (Å²) in [5, 5.41) is 5.13. The van der Waals surface area contributed by atoms with Crippen LogP contribution in [0.3, 0.4) is 0 Å². The molecule has 1 aromatic carbocycles. The molecular formula is C17H23N3O5S. The van der Waals surface area contributed by atoms with Crippen LogP contribution >= 0.6 is 0 Å². The summed E-state index contributed by atoms with van der Waals surface area (Å²) in [6, 6.07) is 5.01. The maximum Gasteiger partial charge on any atom is 0.313 e. The molecule has 26 heavy (non-hydrogen) atoms. The normalized spacial score (nSPS) is 21.6. The molecule has 2 aliphatic heterocycles. The lowest BCUT2D eigenvalue weighted by atomic mass is 10.1. The lowest BCUT2D eigenvalue weighted by Crippen LogP contribution is -2.39. The predicted octanol–water partition coefficient (Wildman–Crippen LogP) is 0.769. The zero-order chi connectivity index (χ0) is 18.7. The van der Waals surface area contributed by atoms with Crippen molar-refractivity contribution < 1.29 is 22.7 Å². The molecule has 0 spiro atoms. The van der Waals surface area contributed by atoms with E-state index in [4.69, 9.17) is 4.74 Å². The van der Waals surface area contributed by atoms with Gasteiger partial charge >= 0.3 is 11.8 Å². The first kappa shape index (κ1) is 18.7. The van der Waals surface area contributed by atoms with Gasteiger partial charge in [-0.3, -0.25) is 13.9 Å². The number of aryl methyl sites for hydroxylation is 1. The second-order valence-electron chi connectivity index (χ2n) is 6.54. The molecule has 0 aromatic heterocycles. The van der Waals surface area contributed by atoms with E-state index in [-0.39, 0.29) is 11.9 Å². The number of hydrogen-bond acceptors (Lipinski definition) is 5. The Morgan fingerprint density at radius 2 is 2.08 bits per heavy atom. The molecule has 3 rings (SSSR count). The third-order valence-corrected chi connectivity index (χ3v) is 6.45. The third kappa shape index (κ3) is 4.16. The van der Waals surface area contributed by atoms with Crippen LogP contribution in [0.15, 0.2) is 18.2 Å². The molecule has 0 aliphatic carbocycles. The van der Waals surface area contributed by atoms with Gasteiger partial charge < -0.3 is 15.4 Å². The van der Waals surface area contributed by atoms with E-state index in [1.807, 2.05) is 0 Å². The summed E-state index contributed by atoms with van der Waals surface area (Å²) < 4.78 is 30.9. The van der Waals surface area contributed by atoms with Crippen molar-refractivity contribution >= 4 is 33.2 Å². The molecule has 8 nitrogen and oxygen atoms in total. The molecule has 1 aromatic rings. The summed E-state index contributed by atoms with van der Waals surface area (Å²) >= 11 is 0. The fourth-order valence-electron chi connectivity index (χ4n) is 3.10. The molecule has 2 fully saturated rings. The van der Waals surface area contributed by atoms with E-state index in [0.29, 0.717) is 37.5 Å². The van der Waals surface area contributed by atoms with Crippen LogP contribution in [0.25, 0.3) is 0 Å². The van der Waals surface area contributed by atoms with E-state index in [2.05, 4.69) is 10.6 Å². The second-order valence-corrected chi connectivity index (χ2v) is 8.55. The van der Waals surface area contributed by atoms with Crippen molar-refractivity contribution in [2.24, 2.45) is 0 Å². The van der Waals surface area contributed by atoms with E-state index >= 15 is 0 Å². The number of nitrogens with zero attached hydrogens (tertiary/aromatic N) is 1. The molecule has 0 radical (unpaired) electrons. The van der Waals surface area contributed by atoms with Crippen LogP contribution in [0.1, 0.15) is 24.8 Å². The van der Waals surface area contributed by atoms with Crippen molar-refractivity contribution in [2.45, 2.75) is 32.3 Å². The first-order valence-corrected chi connectivity index (χ1v) is 10.3. The van der Waals surface area contributed by atoms with Crippen molar-refractivity contribution in [3.63, 3.8) is 0 Å². The van der Waals surface area contributed by atoms with Crippen LogP contribution in [0.5, 0.6) is 0 Å². The maximum absolute atomic E-state index is 12.1. The standard InChI is InChI=1S/C17H23N3O5S/c1-12-5-6-13(20-7-3-9-26(20,23)24)10-15(12)19-17(22)16(21)18-11-14-4-2-8-25-14/h5-6,10,14H,2-4,7-9,11H2,1H3,(H,18,21)(H,19,22). The largest absolute Gasteiger partial charge is 0.376 e. The summed E-state index contributed by atoms with van der Waals surface area (Å²) in [5.74, 6) is -1.40. The van der Waals surface area contributed by atoms with Gasteiger partial charge in [-0.05, 0) is 43.9 Å². The smallest absolute Gasteiger partial charge is 0.313 e. The number of carbonyl (C=O) groups excluding carboxylic acids is 2. The zero-order valence-electron chi connectivity index (χ0n) is 14.7. The number of hydrogen-bond donors (Lipinski definition) is 2. The number of amides is 2. The highest BCUT2D eigenvalue weighted by Crippen LogP contribution is 2.28. The van der Waals surface area contributed by atoms with E-state index in [1.54, 1.807) is 25.1 Å². The Bertz CT molecular complexity index is 803. The highest BCUT2D eigenvalue weighted by molar-refractivity contribution is 7.93. The van der Waals surface area contributed by atoms with Gasteiger partial charge in [0.05, 0.1) is 17.5 Å². The molecule has 2 saturated heterocycles. The Labute approximate surface area is 152 Å². The van der Waals surface area contributed by atoms with Gasteiger partial charge in [-0.1, -0.05) is 6.07 Å². The van der Waals surface area contributed by atoms with Gasteiger partial charge in [0, 0.05) is 25.4 Å². The van der Waals surface area contributed by atoms with Crippen molar-refractivity contribution in [1.82, 2.24) is 5.32 Å². The van der Waals surface area contributed by atoms with Crippen molar-refractivity contribution in [3.05, 3.63) is 23.8 Å². The highest BCUT2D eigenvalue weighted by Gasteiger charge is 2.29. The Morgan fingerprint density at radius 3 is 2.73 bits per heavy atom. The number of sulfonamides is 1. The van der Waals surface area contributed by atoms with E-state index in [9.17, 15) is 18.0 Å². The van der Waals surface area contributed by atoms with Gasteiger partial charge in [-0.15, -0.1) is 0 Å². The van der Waals surface area contributed by atoms with Crippen LogP contribution in [-0.2, 0) is 24.3 Å². The number of anilines is 2. The van der Waals surface area contributed by atoms with Gasteiger partial charge in [-0.2, -0.15) is 0 Å². The van der Waals surface area contributed by atoms with Crippen LogP contribution in [0.4, 0.5) is 11.4 Å². The average Bonchev–Trinajstić information content (AvgIpc) is 3.23. The van der Waals surface area contributed by atoms with Gasteiger partial charge in [0.2, 0.25) is 10.0 Å². The zero-order valence-corrected chi connectivity index (χ0v) is 15.5. The van der Waals surface area contributed by atoms with E-state index in [1.165, 1.54) is 4.31 Å². The summed E-state index contributed by atoms with van der Waals surface area (Å²) in [6.07, 6.45) is 2.35. The monoisotopic (exact) mass is 381 g/mol. The second kappa shape index (κ2) is 7.63. The quantitative estimate of drug-likeness (QED) is 0.750. The Kier molecular flexibility index (Phi) is 5.47. The van der Waals surface area contributed by atoms with Crippen LogP contribution in [0, 0.1) is 6.92 Å². The van der Waals surface area contributed by atoms with Crippen molar-refractivity contribution in [1.29, 1.82) is 0 Å². The number of rotatable bonds is 4. The Balaban J connectivity index is 1.65. The molecule has 0 saturated carbocycles. The average molecular weight is 381 g/mol. The number of ether oxygens (including phenoxy) is 1. The van der Waals surface area contributed by atoms with E-state index in [0.717, 1.165) is 18.4 Å². The SMILES string of the molecule is Cc1ccc(N2CCCS2(=O)=O)cc1NC(=O)C(=O)NCC1CCCO1. The van der Waals surface area contributed by atoms with Gasteiger partial charge in [-0.25, -0.2) is 8.42 Å². The minimum atomic E-state index is -3.31. The van der Waals surface area contributed by atoms with Crippen LogP contribution in [0.2, 0.25) is 0 Å². The molecule has 0 bridgehead atoms. The lowest BCUT2D eigenvalue weighted by molar-refractivity contribution is -0.136. The molecule has 2 heterocycles. The summed E-state index contributed by atoms with van der Waals surface area (Å²) in [5.41, 5.74) is 1.65. The van der Waals surface area contributed by atoms with Gasteiger partial charge in [0.25, 0.3) is 0 Å². The number of carbonyl (C=O) groups is 2. The first-order valence-electron chi connectivity index (χ1n) is 8.69. The molecule has 2 aliphatic rings. The fourth-order valence-corrected chi connectivity index (χ4v) is 4.66. The molecule has 9 heteroatoms. The van der Waals surface area contributed by atoms with Crippen LogP contribution in [-0.4, -0.2) is 51.8 Å². The lowest BCUT2D eigenvalue weighted by Gasteiger charge is -2.19.